The van der Waals surface area contributed by atoms with Crippen LogP contribution in [0.3, 0.4) is 0 Å². The number of benzene rings is 2. The van der Waals surface area contributed by atoms with Crippen molar-refractivity contribution >= 4 is 22.4 Å². The van der Waals surface area contributed by atoms with E-state index in [1.807, 2.05) is 11.4 Å². The normalized spacial score (nSPS) is 10.8. The van der Waals surface area contributed by atoms with Crippen LogP contribution in [-0.4, -0.2) is 30.1 Å². The van der Waals surface area contributed by atoms with Crippen molar-refractivity contribution in [2.24, 2.45) is 0 Å². The number of carbonyl (C=O) groups is 1. The van der Waals surface area contributed by atoms with Crippen molar-refractivity contribution < 1.29 is 27.5 Å². The average molecular weight is 471 g/mol. The van der Waals surface area contributed by atoms with Crippen LogP contribution >= 0.6 is 11.3 Å². The molecule has 0 aliphatic carbocycles. The van der Waals surface area contributed by atoms with Gasteiger partial charge in [0.25, 0.3) is 0 Å². The first-order valence-electron chi connectivity index (χ1n) is 9.84. The van der Waals surface area contributed by atoms with Crippen LogP contribution in [0.4, 0.5) is 13.9 Å². The van der Waals surface area contributed by atoms with Gasteiger partial charge in [0.1, 0.15) is 23.1 Å². The van der Waals surface area contributed by atoms with Crippen LogP contribution in [0, 0.1) is 11.6 Å². The summed E-state index contributed by atoms with van der Waals surface area (Å²) in [7, 11) is 3.14. The number of nitrogens with one attached hydrogen (secondary N) is 1. The number of thiazole rings is 1. The van der Waals surface area contributed by atoms with Crippen molar-refractivity contribution in [1.82, 2.24) is 9.97 Å². The Hall–Kier alpha value is -3.79. The van der Waals surface area contributed by atoms with Crippen LogP contribution < -0.4 is 14.8 Å². The van der Waals surface area contributed by atoms with E-state index in [0.717, 1.165) is 17.7 Å². The zero-order valence-electron chi connectivity index (χ0n) is 17.7. The second kappa shape index (κ2) is 9.78. The average Bonchev–Trinajstić information content (AvgIpc) is 3.47. The fourth-order valence-electron chi connectivity index (χ4n) is 3.11. The summed E-state index contributed by atoms with van der Waals surface area (Å²) in [5.74, 6) is 0.0101. The Balaban J connectivity index is 1.37. The van der Waals surface area contributed by atoms with E-state index in [0.29, 0.717) is 22.3 Å². The number of hydrogen-bond donors (Lipinski definition) is 1. The quantitative estimate of drug-likeness (QED) is 0.374. The molecule has 170 valence electrons. The molecular weight excluding hydrogens is 452 g/mol. The molecule has 0 unspecified atom stereocenters. The second-order valence-corrected chi connectivity index (χ2v) is 7.75. The van der Waals surface area contributed by atoms with Gasteiger partial charge in [-0.05, 0) is 24.3 Å². The number of ether oxygens (including phenoxy) is 2. The number of hydrogen-bond acceptors (Lipinski definition) is 7. The van der Waals surface area contributed by atoms with Gasteiger partial charge >= 0.3 is 0 Å². The summed E-state index contributed by atoms with van der Waals surface area (Å²) in [6.07, 6.45) is 1.64. The molecule has 0 aliphatic rings. The first-order chi connectivity index (χ1) is 16.0. The molecule has 0 saturated carbocycles. The minimum Gasteiger partial charge on any atom is -0.497 e. The molecule has 1 N–H and O–H groups in total. The molecule has 0 aliphatic heterocycles. The standard InChI is InChI=1S/C23H19F2N3O4S/c1-30-14-4-6-16(19(10-14)31-2)18-12-33-23(27-18)28-21(29)7-8-22-26-11-20(32-22)15-5-3-13(24)9-17(15)25/h3-6,9-12H,7-8H2,1-2H3,(H,27,28,29). The number of carbonyl (C=O) groups excluding carboxylic acids is 1. The molecule has 0 spiro atoms. The highest BCUT2D eigenvalue weighted by Crippen LogP contribution is 2.35. The largest absolute Gasteiger partial charge is 0.497 e. The highest BCUT2D eigenvalue weighted by Gasteiger charge is 2.15. The molecule has 0 atom stereocenters. The molecule has 10 heteroatoms. The smallest absolute Gasteiger partial charge is 0.226 e. The number of nitrogens with zero attached hydrogens (tertiary/aromatic N) is 2. The van der Waals surface area contributed by atoms with Gasteiger partial charge in [-0.15, -0.1) is 11.3 Å². The van der Waals surface area contributed by atoms with Crippen molar-refractivity contribution in [3.8, 4) is 34.1 Å². The van der Waals surface area contributed by atoms with Gasteiger partial charge in [0.05, 0.1) is 31.7 Å². The van der Waals surface area contributed by atoms with Crippen LogP contribution in [0.25, 0.3) is 22.6 Å². The van der Waals surface area contributed by atoms with Gasteiger partial charge in [-0.2, -0.15) is 0 Å². The molecule has 4 aromatic rings. The predicted molar refractivity (Wildman–Crippen MR) is 119 cm³/mol. The number of oxazole rings is 1. The lowest BCUT2D eigenvalue weighted by molar-refractivity contribution is -0.116. The molecule has 7 nitrogen and oxygen atoms in total. The zero-order valence-corrected chi connectivity index (χ0v) is 18.5. The summed E-state index contributed by atoms with van der Waals surface area (Å²) in [6, 6.07) is 8.59. The van der Waals surface area contributed by atoms with Crippen molar-refractivity contribution in [2.45, 2.75) is 12.8 Å². The minimum atomic E-state index is -0.747. The van der Waals surface area contributed by atoms with Gasteiger partial charge in [0.2, 0.25) is 5.91 Å². The van der Waals surface area contributed by atoms with Crippen LogP contribution in [0.15, 0.2) is 52.4 Å². The van der Waals surface area contributed by atoms with Gasteiger partial charge in [-0.1, -0.05) is 0 Å². The third kappa shape index (κ3) is 5.17. The summed E-state index contributed by atoms with van der Waals surface area (Å²) in [5, 5.41) is 5.00. The number of halogens is 2. The number of rotatable bonds is 8. The van der Waals surface area contributed by atoms with Crippen LogP contribution in [0.2, 0.25) is 0 Å². The molecule has 0 fully saturated rings. The van der Waals surface area contributed by atoms with E-state index in [2.05, 4.69) is 15.3 Å². The first kappa shape index (κ1) is 22.4. The van der Waals surface area contributed by atoms with Crippen molar-refractivity contribution in [1.29, 1.82) is 0 Å². The number of anilines is 1. The molecule has 0 bridgehead atoms. The van der Waals surface area contributed by atoms with E-state index in [1.54, 1.807) is 26.4 Å². The third-order valence-corrected chi connectivity index (χ3v) is 5.51. The predicted octanol–water partition coefficient (Wildman–Crippen LogP) is 5.33. The summed E-state index contributed by atoms with van der Waals surface area (Å²) in [6.45, 7) is 0. The molecule has 1 amide bonds. The molecule has 0 saturated heterocycles. The van der Waals surface area contributed by atoms with Crippen molar-refractivity contribution in [2.75, 3.05) is 19.5 Å². The topological polar surface area (TPSA) is 86.5 Å². The molecule has 2 aromatic heterocycles. The summed E-state index contributed by atoms with van der Waals surface area (Å²) >= 11 is 1.29. The molecular formula is C23H19F2N3O4S. The van der Waals surface area contributed by atoms with E-state index in [1.165, 1.54) is 23.6 Å². The van der Waals surface area contributed by atoms with Gasteiger partial charge in [-0.3, -0.25) is 4.79 Å². The Morgan fingerprint density at radius 1 is 1.12 bits per heavy atom. The lowest BCUT2D eigenvalue weighted by atomic mass is 10.1. The fourth-order valence-corrected chi connectivity index (χ4v) is 3.83. The van der Waals surface area contributed by atoms with Gasteiger partial charge in [0.15, 0.2) is 16.8 Å². The SMILES string of the molecule is COc1ccc(-c2csc(NC(=O)CCc3ncc(-c4ccc(F)cc4F)o3)n2)c(OC)c1. The number of aryl methyl sites for hydroxylation is 1. The van der Waals surface area contributed by atoms with E-state index >= 15 is 0 Å². The molecule has 0 radical (unpaired) electrons. The highest BCUT2D eigenvalue weighted by molar-refractivity contribution is 7.14. The second-order valence-electron chi connectivity index (χ2n) is 6.89. The maximum atomic E-state index is 13.9. The maximum absolute atomic E-state index is 13.9. The molecule has 2 aromatic carbocycles. The fraction of sp³-hybridized carbons (Fsp3) is 0.174. The van der Waals surface area contributed by atoms with E-state index < -0.39 is 11.6 Å². The third-order valence-electron chi connectivity index (χ3n) is 4.75. The van der Waals surface area contributed by atoms with Crippen molar-refractivity contribution in [3.05, 3.63) is 65.5 Å². The Morgan fingerprint density at radius 3 is 2.70 bits per heavy atom. The summed E-state index contributed by atoms with van der Waals surface area (Å²) in [4.78, 5) is 20.9. The van der Waals surface area contributed by atoms with E-state index in [9.17, 15) is 13.6 Å². The van der Waals surface area contributed by atoms with Crippen LogP contribution in [0.1, 0.15) is 12.3 Å². The minimum absolute atomic E-state index is 0.0899. The first-order valence-corrected chi connectivity index (χ1v) is 10.7. The molecule has 4 rings (SSSR count). The Morgan fingerprint density at radius 2 is 1.94 bits per heavy atom. The lowest BCUT2D eigenvalue weighted by Crippen LogP contribution is -2.12. The maximum Gasteiger partial charge on any atom is 0.226 e. The summed E-state index contributed by atoms with van der Waals surface area (Å²) < 4.78 is 43.1. The monoisotopic (exact) mass is 471 g/mol. The zero-order chi connectivity index (χ0) is 23.4. The Kier molecular flexibility index (Phi) is 6.64. The van der Waals surface area contributed by atoms with Crippen molar-refractivity contribution in [3.63, 3.8) is 0 Å². The molecule has 2 heterocycles. The van der Waals surface area contributed by atoms with E-state index in [4.69, 9.17) is 13.9 Å². The summed E-state index contributed by atoms with van der Waals surface area (Å²) in [5.41, 5.74) is 1.53. The number of amides is 1. The van der Waals surface area contributed by atoms with Crippen LogP contribution in [0.5, 0.6) is 11.5 Å². The number of methoxy groups -OCH3 is 2. The lowest BCUT2D eigenvalue weighted by Gasteiger charge is -2.08. The van der Waals surface area contributed by atoms with Crippen LogP contribution in [-0.2, 0) is 11.2 Å². The number of aromatic nitrogens is 2. The van der Waals surface area contributed by atoms with Gasteiger partial charge in [-0.25, -0.2) is 18.7 Å². The Labute approximate surface area is 192 Å². The highest BCUT2D eigenvalue weighted by atomic mass is 32.1. The van der Waals surface area contributed by atoms with Gasteiger partial charge in [0, 0.05) is 35.9 Å². The van der Waals surface area contributed by atoms with E-state index in [-0.39, 0.29) is 36.0 Å². The van der Waals surface area contributed by atoms with Gasteiger partial charge < -0.3 is 19.2 Å². The Bertz CT molecular complexity index is 1290. The molecule has 33 heavy (non-hydrogen) atoms.